The first-order chi connectivity index (χ1) is 9.47. The number of rotatable bonds is 7. The van der Waals surface area contributed by atoms with Crippen molar-refractivity contribution in [2.24, 2.45) is 11.8 Å². The first-order valence-electron chi connectivity index (χ1n) is 7.94. The van der Waals surface area contributed by atoms with Crippen LogP contribution in [0, 0.1) is 11.8 Å². The van der Waals surface area contributed by atoms with Crippen LogP contribution < -0.4 is 5.32 Å². The molecule has 1 N–H and O–H groups in total. The molecule has 0 aromatic carbocycles. The summed E-state index contributed by atoms with van der Waals surface area (Å²) in [6.07, 6.45) is 1.35. The van der Waals surface area contributed by atoms with Gasteiger partial charge in [0, 0.05) is 23.4 Å². The predicted molar refractivity (Wildman–Crippen MR) is 89.6 cm³/mol. The molecule has 2 rings (SSSR count). The van der Waals surface area contributed by atoms with Crippen LogP contribution in [0.15, 0.2) is 17.5 Å². The summed E-state index contributed by atoms with van der Waals surface area (Å²) in [6.45, 7) is 15.4. The van der Waals surface area contributed by atoms with Gasteiger partial charge in [0.1, 0.15) is 0 Å². The van der Waals surface area contributed by atoms with Crippen molar-refractivity contribution in [3.63, 3.8) is 0 Å². The molecule has 114 valence electrons. The number of hydrogen-bond donors (Lipinski definition) is 1. The fraction of sp³-hybridized carbons (Fsp3) is 0.765. The van der Waals surface area contributed by atoms with E-state index in [9.17, 15) is 0 Å². The fourth-order valence-corrected chi connectivity index (χ4v) is 3.94. The number of thiophene rings is 1. The van der Waals surface area contributed by atoms with Gasteiger partial charge in [0.2, 0.25) is 0 Å². The Morgan fingerprint density at radius 3 is 2.90 bits per heavy atom. The van der Waals surface area contributed by atoms with E-state index in [2.05, 4.69) is 55.4 Å². The molecular weight excluding hydrogens is 264 g/mol. The van der Waals surface area contributed by atoms with Crippen LogP contribution in [0.2, 0.25) is 0 Å². The molecule has 0 amide bonds. The summed E-state index contributed by atoms with van der Waals surface area (Å²) in [6, 6.07) is 4.45. The third kappa shape index (κ3) is 4.57. The molecule has 0 radical (unpaired) electrons. The van der Waals surface area contributed by atoms with Gasteiger partial charge in [0.25, 0.3) is 0 Å². The molecule has 1 fully saturated rings. The highest BCUT2D eigenvalue weighted by molar-refractivity contribution is 7.10. The largest absolute Gasteiger partial charge is 0.316 e. The number of hydrogen-bond acceptors (Lipinski definition) is 3. The second kappa shape index (κ2) is 7.06. The van der Waals surface area contributed by atoms with Crippen LogP contribution >= 0.6 is 11.3 Å². The van der Waals surface area contributed by atoms with Gasteiger partial charge in [-0.1, -0.05) is 33.8 Å². The summed E-state index contributed by atoms with van der Waals surface area (Å²) in [7, 11) is 0. The molecule has 1 unspecified atom stereocenters. The summed E-state index contributed by atoms with van der Waals surface area (Å²) in [4.78, 5) is 4.17. The average molecular weight is 295 g/mol. The Labute approximate surface area is 128 Å². The van der Waals surface area contributed by atoms with E-state index in [1.54, 1.807) is 0 Å². The molecule has 0 saturated carbocycles. The molecule has 20 heavy (non-hydrogen) atoms. The van der Waals surface area contributed by atoms with E-state index in [0.29, 0.717) is 0 Å². The van der Waals surface area contributed by atoms with Gasteiger partial charge in [-0.15, -0.1) is 11.3 Å². The molecule has 0 bridgehead atoms. The monoisotopic (exact) mass is 294 g/mol. The molecule has 3 heteroatoms. The van der Waals surface area contributed by atoms with E-state index in [-0.39, 0.29) is 5.41 Å². The maximum absolute atomic E-state index is 3.61. The lowest BCUT2D eigenvalue weighted by atomic mass is 9.91. The Hall–Kier alpha value is -0.380. The quantitative estimate of drug-likeness (QED) is 0.826. The van der Waals surface area contributed by atoms with Crippen molar-refractivity contribution in [2.45, 2.75) is 39.5 Å². The smallest absolute Gasteiger partial charge is 0.0118 e. The highest BCUT2D eigenvalue weighted by atomic mass is 32.1. The van der Waals surface area contributed by atoms with Crippen molar-refractivity contribution < 1.29 is 0 Å². The van der Waals surface area contributed by atoms with Crippen molar-refractivity contribution >= 4 is 11.3 Å². The standard InChI is InChI=1S/C17H30N2S/c1-14(2)10-18-11-15-7-8-19(12-15)13-17(3,4)16-6-5-9-20-16/h5-6,9,14-15,18H,7-8,10-13H2,1-4H3. The Morgan fingerprint density at radius 2 is 2.25 bits per heavy atom. The summed E-state index contributed by atoms with van der Waals surface area (Å²) >= 11 is 1.89. The SMILES string of the molecule is CC(C)CNCC1CCN(CC(C)(C)c2cccs2)C1. The highest BCUT2D eigenvalue weighted by Crippen LogP contribution is 2.30. The number of likely N-dealkylation sites (tertiary alicyclic amines) is 1. The van der Waals surface area contributed by atoms with E-state index < -0.39 is 0 Å². The predicted octanol–water partition coefficient (Wildman–Crippen LogP) is 3.59. The third-order valence-corrected chi connectivity index (χ3v) is 5.40. The first kappa shape index (κ1) is 16.0. The maximum atomic E-state index is 3.61. The lowest BCUT2D eigenvalue weighted by Crippen LogP contribution is -2.36. The van der Waals surface area contributed by atoms with E-state index in [1.165, 1.54) is 37.5 Å². The minimum atomic E-state index is 0.286. The molecule has 2 nitrogen and oxygen atoms in total. The lowest BCUT2D eigenvalue weighted by molar-refractivity contribution is 0.261. The minimum absolute atomic E-state index is 0.286. The summed E-state index contributed by atoms with van der Waals surface area (Å²) < 4.78 is 0. The van der Waals surface area contributed by atoms with Crippen molar-refractivity contribution in [1.82, 2.24) is 10.2 Å². The molecular formula is C17H30N2S. The summed E-state index contributed by atoms with van der Waals surface area (Å²) in [5.74, 6) is 1.60. The van der Waals surface area contributed by atoms with Crippen LogP contribution in [0.1, 0.15) is 39.0 Å². The second-order valence-corrected chi connectivity index (χ2v) is 8.25. The van der Waals surface area contributed by atoms with Crippen LogP contribution in [0.3, 0.4) is 0 Å². The normalized spacial score (nSPS) is 20.9. The zero-order valence-corrected chi connectivity index (χ0v) is 14.3. The van der Waals surface area contributed by atoms with E-state index in [0.717, 1.165) is 18.4 Å². The third-order valence-electron chi connectivity index (χ3n) is 4.16. The first-order valence-corrected chi connectivity index (χ1v) is 8.82. The molecule has 1 aromatic heterocycles. The minimum Gasteiger partial charge on any atom is -0.316 e. The second-order valence-electron chi connectivity index (χ2n) is 7.30. The van der Waals surface area contributed by atoms with E-state index >= 15 is 0 Å². The molecule has 0 aliphatic carbocycles. The molecule has 2 heterocycles. The van der Waals surface area contributed by atoms with Crippen LogP contribution in [-0.2, 0) is 5.41 Å². The average Bonchev–Trinajstić information content (AvgIpc) is 2.99. The van der Waals surface area contributed by atoms with Crippen molar-refractivity contribution in [3.8, 4) is 0 Å². The number of nitrogens with one attached hydrogen (secondary N) is 1. The van der Waals surface area contributed by atoms with E-state index in [1.807, 2.05) is 11.3 Å². The Balaban J connectivity index is 1.76. The topological polar surface area (TPSA) is 15.3 Å². The molecule has 1 saturated heterocycles. The van der Waals surface area contributed by atoms with Gasteiger partial charge in [-0.25, -0.2) is 0 Å². The lowest BCUT2D eigenvalue weighted by Gasteiger charge is -2.29. The molecule has 1 aliphatic heterocycles. The zero-order chi connectivity index (χ0) is 14.6. The Bertz CT molecular complexity index is 384. The van der Waals surface area contributed by atoms with Gasteiger partial charge in [-0.3, -0.25) is 0 Å². The maximum Gasteiger partial charge on any atom is 0.0118 e. The van der Waals surface area contributed by atoms with Gasteiger partial charge in [-0.2, -0.15) is 0 Å². The molecule has 1 aliphatic rings. The van der Waals surface area contributed by atoms with Crippen LogP contribution in [0.25, 0.3) is 0 Å². The zero-order valence-electron chi connectivity index (χ0n) is 13.5. The Kier molecular flexibility index (Phi) is 5.65. The summed E-state index contributed by atoms with van der Waals surface area (Å²) in [5, 5.41) is 5.81. The van der Waals surface area contributed by atoms with Crippen LogP contribution in [0.4, 0.5) is 0 Å². The van der Waals surface area contributed by atoms with Gasteiger partial charge >= 0.3 is 0 Å². The van der Waals surface area contributed by atoms with Gasteiger partial charge in [-0.05, 0) is 49.3 Å². The fourth-order valence-electron chi connectivity index (χ4n) is 3.10. The number of nitrogens with zero attached hydrogens (tertiary/aromatic N) is 1. The molecule has 0 spiro atoms. The van der Waals surface area contributed by atoms with Crippen molar-refractivity contribution in [2.75, 3.05) is 32.7 Å². The molecule has 1 atom stereocenters. The van der Waals surface area contributed by atoms with Crippen molar-refractivity contribution in [1.29, 1.82) is 0 Å². The van der Waals surface area contributed by atoms with Gasteiger partial charge in [0.15, 0.2) is 0 Å². The molecule has 1 aromatic rings. The van der Waals surface area contributed by atoms with Crippen LogP contribution in [-0.4, -0.2) is 37.6 Å². The Morgan fingerprint density at radius 1 is 1.45 bits per heavy atom. The van der Waals surface area contributed by atoms with Gasteiger partial charge in [0.05, 0.1) is 0 Å². The van der Waals surface area contributed by atoms with Gasteiger partial charge < -0.3 is 10.2 Å². The van der Waals surface area contributed by atoms with E-state index in [4.69, 9.17) is 0 Å². The summed E-state index contributed by atoms with van der Waals surface area (Å²) in [5.41, 5.74) is 0.286. The highest BCUT2D eigenvalue weighted by Gasteiger charge is 2.29. The van der Waals surface area contributed by atoms with Crippen molar-refractivity contribution in [3.05, 3.63) is 22.4 Å². The van der Waals surface area contributed by atoms with Crippen LogP contribution in [0.5, 0.6) is 0 Å².